The second-order valence-corrected chi connectivity index (χ2v) is 13.6. The van der Waals surface area contributed by atoms with Gasteiger partial charge in [0.25, 0.3) is 0 Å². The number of aliphatic hydroxyl groups is 3. The average molecular weight is 542 g/mol. The summed E-state index contributed by atoms with van der Waals surface area (Å²) in [6.07, 6.45) is -5.03. The summed E-state index contributed by atoms with van der Waals surface area (Å²) in [6, 6.07) is 0. The fourth-order valence-corrected chi connectivity index (χ4v) is 8.75. The second kappa shape index (κ2) is 11.4. The molecule has 4 rings (SSSR count). The molecule has 0 aromatic rings. The Balaban J connectivity index is 0.00000441. The Labute approximate surface area is 244 Å². The molecule has 5 unspecified atom stereocenters. The summed E-state index contributed by atoms with van der Waals surface area (Å²) in [4.78, 5) is 12.2. The summed E-state index contributed by atoms with van der Waals surface area (Å²) in [5.41, 5.74) is -1.37. The maximum atomic E-state index is 12.2. The SMILES string of the molecule is [2H]C1([2H])C[C@]2(C)C3C[C@H](O)[C@@]4(C)C(CCC4[C@H](C)CCC(=O)NCCS(=O)(=O)[O-])C3[C@H](O)CC2C([2H])([2H])[C@H]1O.[Na+]. The minimum absolute atomic E-state index is 0. The van der Waals surface area contributed by atoms with E-state index in [9.17, 15) is 33.1 Å². The molecule has 36 heavy (non-hydrogen) atoms. The van der Waals surface area contributed by atoms with E-state index in [1.807, 2.05) is 13.8 Å². The van der Waals surface area contributed by atoms with Crippen molar-refractivity contribution in [2.24, 2.45) is 46.3 Å². The van der Waals surface area contributed by atoms with Crippen molar-refractivity contribution in [3.8, 4) is 0 Å². The monoisotopic (exact) mass is 541 g/mol. The molecule has 0 bridgehead atoms. The molecule has 11 atom stereocenters. The van der Waals surface area contributed by atoms with Crippen LogP contribution in [-0.2, 0) is 14.9 Å². The van der Waals surface area contributed by atoms with E-state index in [0.717, 1.165) is 12.8 Å². The van der Waals surface area contributed by atoms with Gasteiger partial charge in [-0.15, -0.1) is 0 Å². The first-order valence-electron chi connectivity index (χ1n) is 15.0. The van der Waals surface area contributed by atoms with Gasteiger partial charge in [0.2, 0.25) is 5.91 Å². The average Bonchev–Trinajstić information content (AvgIpc) is 3.16. The first-order valence-corrected chi connectivity index (χ1v) is 14.6. The molecule has 0 radical (unpaired) electrons. The van der Waals surface area contributed by atoms with E-state index in [-0.39, 0.29) is 90.9 Å². The molecule has 202 valence electrons. The maximum absolute atomic E-state index is 12.2. The molecular formula is C26H44NNaO7S. The third-order valence-corrected chi connectivity index (χ3v) is 11.0. The Bertz CT molecular complexity index is 1070. The zero-order chi connectivity index (χ0) is 29.3. The maximum Gasteiger partial charge on any atom is 1.00 e. The van der Waals surface area contributed by atoms with Crippen molar-refractivity contribution >= 4 is 16.0 Å². The van der Waals surface area contributed by atoms with Crippen molar-refractivity contribution < 1.29 is 68.1 Å². The van der Waals surface area contributed by atoms with Gasteiger partial charge >= 0.3 is 29.6 Å². The van der Waals surface area contributed by atoms with Crippen molar-refractivity contribution in [2.75, 3.05) is 12.3 Å². The van der Waals surface area contributed by atoms with Crippen molar-refractivity contribution in [3.63, 3.8) is 0 Å². The molecule has 0 aliphatic heterocycles. The minimum atomic E-state index is -4.40. The van der Waals surface area contributed by atoms with Gasteiger partial charge in [-0.25, -0.2) is 8.42 Å². The van der Waals surface area contributed by atoms with E-state index < -0.39 is 63.7 Å². The number of hydrogen-bond acceptors (Lipinski definition) is 7. The number of amides is 1. The van der Waals surface area contributed by atoms with Gasteiger partial charge in [0, 0.05) is 18.4 Å². The van der Waals surface area contributed by atoms with Gasteiger partial charge in [-0.3, -0.25) is 4.79 Å². The second-order valence-electron chi connectivity index (χ2n) is 12.0. The topological polar surface area (TPSA) is 147 Å². The first-order chi connectivity index (χ1) is 17.8. The zero-order valence-electron chi connectivity index (χ0n) is 25.9. The summed E-state index contributed by atoms with van der Waals surface area (Å²) in [5.74, 6) is -2.18. The van der Waals surface area contributed by atoms with Crippen LogP contribution in [0.2, 0.25) is 0 Å². The predicted octanol–water partition coefficient (Wildman–Crippen LogP) is -0.970. The van der Waals surface area contributed by atoms with E-state index in [0.29, 0.717) is 12.8 Å². The fraction of sp³-hybridized carbons (Fsp3) is 0.962. The summed E-state index contributed by atoms with van der Waals surface area (Å²) in [5, 5.41) is 36.2. The van der Waals surface area contributed by atoms with Crippen molar-refractivity contribution in [1.29, 1.82) is 0 Å². The van der Waals surface area contributed by atoms with Crippen LogP contribution in [0.25, 0.3) is 0 Å². The zero-order valence-corrected chi connectivity index (χ0v) is 24.8. The summed E-state index contributed by atoms with van der Waals surface area (Å²) in [7, 11) is -4.40. The fourth-order valence-electron chi connectivity index (χ4n) is 8.40. The van der Waals surface area contributed by atoms with Crippen LogP contribution in [0.15, 0.2) is 0 Å². The van der Waals surface area contributed by atoms with Crippen LogP contribution in [0.3, 0.4) is 0 Å². The number of fused-ring (bicyclic) bond motifs is 5. The molecule has 4 saturated carbocycles. The third-order valence-electron chi connectivity index (χ3n) is 10.3. The van der Waals surface area contributed by atoms with Crippen molar-refractivity contribution in [2.45, 2.75) is 96.8 Å². The number of aliphatic hydroxyl groups excluding tert-OH is 3. The molecule has 0 saturated heterocycles. The van der Waals surface area contributed by atoms with Crippen LogP contribution in [0, 0.1) is 46.3 Å². The molecule has 0 spiro atoms. The Morgan fingerprint density at radius 3 is 2.56 bits per heavy atom. The molecule has 4 aliphatic rings. The van der Waals surface area contributed by atoms with E-state index in [4.69, 9.17) is 5.48 Å². The van der Waals surface area contributed by atoms with Gasteiger partial charge < -0.3 is 25.2 Å². The van der Waals surface area contributed by atoms with Gasteiger partial charge in [-0.05, 0) is 97.6 Å². The Morgan fingerprint density at radius 2 is 1.89 bits per heavy atom. The van der Waals surface area contributed by atoms with E-state index >= 15 is 0 Å². The molecule has 0 heterocycles. The number of carbonyl (C=O) groups excluding carboxylic acids is 1. The van der Waals surface area contributed by atoms with Crippen LogP contribution < -0.4 is 34.9 Å². The standard InChI is InChI=1S/C26H45NO7S.Na/c1-15(4-7-23(31)27-10-11-35(32,33)34)18-5-6-19-24-20(14-22(30)26(18,19)3)25(2)9-8-17(28)12-16(25)13-21(24)29;/h15-22,24,28-30H,4-14H2,1-3H3,(H,27,31)(H,32,33,34);/q;+1/p-1/t15-,16?,17+,18?,19?,20?,21-,22+,24?,25+,26-;/m1./s1/i8D2,12D2;. The van der Waals surface area contributed by atoms with Gasteiger partial charge in [0.15, 0.2) is 0 Å². The van der Waals surface area contributed by atoms with Crippen LogP contribution >= 0.6 is 0 Å². The van der Waals surface area contributed by atoms with Crippen LogP contribution in [0.5, 0.6) is 0 Å². The molecule has 0 aromatic heterocycles. The summed E-state index contributed by atoms with van der Waals surface area (Å²) >= 11 is 0. The minimum Gasteiger partial charge on any atom is -0.748 e. The van der Waals surface area contributed by atoms with Crippen molar-refractivity contribution in [3.05, 3.63) is 0 Å². The normalized spacial score (nSPS) is 49.4. The quantitative estimate of drug-likeness (QED) is 0.240. The summed E-state index contributed by atoms with van der Waals surface area (Å²) < 4.78 is 66.4. The predicted molar refractivity (Wildman–Crippen MR) is 130 cm³/mol. The van der Waals surface area contributed by atoms with Crippen LogP contribution in [0.1, 0.15) is 83.9 Å². The van der Waals surface area contributed by atoms with E-state index in [2.05, 4.69) is 12.2 Å². The molecule has 10 heteroatoms. The molecule has 4 fully saturated rings. The van der Waals surface area contributed by atoms with Crippen LogP contribution in [-0.4, -0.2) is 64.8 Å². The molecular weight excluding hydrogens is 493 g/mol. The molecule has 1 amide bonds. The number of nitrogens with one attached hydrogen (secondary N) is 1. The van der Waals surface area contributed by atoms with Gasteiger partial charge in [-0.2, -0.15) is 0 Å². The third kappa shape index (κ3) is 5.74. The van der Waals surface area contributed by atoms with Gasteiger partial charge in [0.05, 0.1) is 34.2 Å². The Morgan fingerprint density at radius 1 is 1.19 bits per heavy atom. The van der Waals surface area contributed by atoms with E-state index in [1.165, 1.54) is 0 Å². The molecule has 4 N–H and O–H groups in total. The largest absolute Gasteiger partial charge is 1.00 e. The van der Waals surface area contributed by atoms with Crippen LogP contribution in [0.4, 0.5) is 0 Å². The number of carbonyl (C=O) groups is 1. The number of hydrogen-bond donors (Lipinski definition) is 4. The van der Waals surface area contributed by atoms with E-state index in [1.54, 1.807) is 0 Å². The molecule has 8 nitrogen and oxygen atoms in total. The summed E-state index contributed by atoms with van der Waals surface area (Å²) in [6.45, 7) is 5.74. The van der Waals surface area contributed by atoms with Gasteiger partial charge in [0.1, 0.15) is 0 Å². The Kier molecular flexibility index (Phi) is 7.99. The van der Waals surface area contributed by atoms with Gasteiger partial charge in [-0.1, -0.05) is 20.8 Å². The number of rotatable bonds is 7. The Hall–Kier alpha value is 0.260. The molecule has 4 aliphatic carbocycles. The van der Waals surface area contributed by atoms with Crippen molar-refractivity contribution in [1.82, 2.24) is 5.32 Å². The molecule has 0 aromatic carbocycles. The smallest absolute Gasteiger partial charge is 0.748 e. The first kappa shape index (κ1) is 25.2.